The highest BCUT2D eigenvalue weighted by molar-refractivity contribution is 9.10. The van der Waals surface area contributed by atoms with Gasteiger partial charge in [-0.1, -0.05) is 0 Å². The second-order valence-electron chi connectivity index (χ2n) is 3.20. The molecule has 1 rings (SSSR count). The molecule has 78 valence electrons. The van der Waals surface area contributed by atoms with E-state index < -0.39 is 0 Å². The summed E-state index contributed by atoms with van der Waals surface area (Å²) < 4.78 is 0.935. The van der Waals surface area contributed by atoms with Gasteiger partial charge in [-0.05, 0) is 29.8 Å². The molecule has 0 fully saturated rings. The van der Waals surface area contributed by atoms with Crippen LogP contribution in [0.4, 0.5) is 11.8 Å². The van der Waals surface area contributed by atoms with Crippen molar-refractivity contribution < 1.29 is 0 Å². The molecule has 0 radical (unpaired) electrons. The first kappa shape index (κ1) is 11.2. The van der Waals surface area contributed by atoms with E-state index in [0.717, 1.165) is 28.5 Å². The predicted octanol–water partition coefficient (Wildman–Crippen LogP) is 2.05. The number of hydrogen-bond donors (Lipinski definition) is 1. The minimum Gasteiger partial charge on any atom is -0.369 e. The molecule has 0 unspecified atom stereocenters. The van der Waals surface area contributed by atoms with Crippen LogP contribution in [-0.4, -0.2) is 30.6 Å². The fourth-order valence-electron chi connectivity index (χ4n) is 1.03. The Bertz CT molecular complexity index is 325. The van der Waals surface area contributed by atoms with E-state index in [1.54, 1.807) is 0 Å². The van der Waals surface area contributed by atoms with Crippen LogP contribution in [0.5, 0.6) is 0 Å². The number of hydrogen-bond acceptors (Lipinski definition) is 4. The second-order valence-corrected chi connectivity index (χ2v) is 3.99. The van der Waals surface area contributed by atoms with Gasteiger partial charge in [0.1, 0.15) is 5.82 Å². The van der Waals surface area contributed by atoms with Gasteiger partial charge in [0.2, 0.25) is 5.95 Å². The predicted molar refractivity (Wildman–Crippen MR) is 63.0 cm³/mol. The molecule has 0 bridgehead atoms. The van der Waals surface area contributed by atoms with E-state index >= 15 is 0 Å². The smallest absolute Gasteiger partial charge is 0.227 e. The van der Waals surface area contributed by atoms with E-state index in [0.29, 0.717) is 0 Å². The van der Waals surface area contributed by atoms with Crippen molar-refractivity contribution in [1.29, 1.82) is 0 Å². The SMILES string of the molecule is CCNc1nc(N(C)C)nc(C)c1Br. The standard InChI is InChI=1S/C9H15BrN4/c1-5-11-8-7(10)6(2)12-9(13-8)14(3)4/h5H2,1-4H3,(H,11,12,13). The Labute approximate surface area is 92.9 Å². The number of anilines is 2. The number of rotatable bonds is 3. The average Bonchev–Trinajstić information content (AvgIpc) is 2.12. The minimum atomic E-state index is 0.724. The van der Waals surface area contributed by atoms with Crippen molar-refractivity contribution >= 4 is 27.7 Å². The van der Waals surface area contributed by atoms with Crippen LogP contribution >= 0.6 is 15.9 Å². The summed E-state index contributed by atoms with van der Waals surface area (Å²) >= 11 is 3.46. The Morgan fingerprint density at radius 1 is 1.36 bits per heavy atom. The molecule has 0 saturated heterocycles. The molecule has 1 heterocycles. The monoisotopic (exact) mass is 258 g/mol. The summed E-state index contributed by atoms with van der Waals surface area (Å²) in [6.07, 6.45) is 0. The average molecular weight is 259 g/mol. The van der Waals surface area contributed by atoms with Crippen LogP contribution in [0.2, 0.25) is 0 Å². The van der Waals surface area contributed by atoms with Gasteiger partial charge in [-0.25, -0.2) is 4.98 Å². The summed E-state index contributed by atoms with van der Waals surface area (Å²) in [6, 6.07) is 0. The third kappa shape index (κ3) is 2.35. The Hall–Kier alpha value is -0.840. The Balaban J connectivity index is 3.14. The van der Waals surface area contributed by atoms with Gasteiger partial charge in [-0.2, -0.15) is 4.98 Å². The Kier molecular flexibility index (Phi) is 3.69. The molecule has 0 aliphatic carbocycles. The zero-order valence-electron chi connectivity index (χ0n) is 8.93. The molecule has 1 aromatic heterocycles. The highest BCUT2D eigenvalue weighted by Gasteiger charge is 2.09. The van der Waals surface area contributed by atoms with Gasteiger partial charge in [-0.15, -0.1) is 0 Å². The van der Waals surface area contributed by atoms with Crippen LogP contribution < -0.4 is 10.2 Å². The lowest BCUT2D eigenvalue weighted by molar-refractivity contribution is 0.965. The van der Waals surface area contributed by atoms with Gasteiger partial charge in [0.25, 0.3) is 0 Å². The zero-order chi connectivity index (χ0) is 10.7. The maximum absolute atomic E-state index is 4.38. The van der Waals surface area contributed by atoms with Crippen LogP contribution in [0.1, 0.15) is 12.6 Å². The fraction of sp³-hybridized carbons (Fsp3) is 0.556. The molecule has 0 spiro atoms. The number of halogens is 1. The van der Waals surface area contributed by atoms with Gasteiger partial charge >= 0.3 is 0 Å². The van der Waals surface area contributed by atoms with Gasteiger partial charge in [0.05, 0.1) is 10.2 Å². The molecular weight excluding hydrogens is 244 g/mol. The van der Waals surface area contributed by atoms with Gasteiger partial charge in [-0.3, -0.25) is 0 Å². The highest BCUT2D eigenvalue weighted by Crippen LogP contribution is 2.24. The number of nitrogens with zero attached hydrogens (tertiary/aromatic N) is 3. The van der Waals surface area contributed by atoms with Crippen LogP contribution in [0.3, 0.4) is 0 Å². The molecule has 0 aliphatic rings. The van der Waals surface area contributed by atoms with Crippen molar-refractivity contribution in [2.75, 3.05) is 30.9 Å². The van der Waals surface area contributed by atoms with E-state index in [1.807, 2.05) is 32.8 Å². The summed E-state index contributed by atoms with van der Waals surface area (Å²) in [5.74, 6) is 1.57. The van der Waals surface area contributed by atoms with E-state index in [1.165, 1.54) is 0 Å². The highest BCUT2D eigenvalue weighted by atomic mass is 79.9. The maximum atomic E-state index is 4.38. The first-order chi connectivity index (χ1) is 6.56. The van der Waals surface area contributed by atoms with Crippen molar-refractivity contribution in [3.63, 3.8) is 0 Å². The lowest BCUT2D eigenvalue weighted by Gasteiger charge is -2.14. The molecule has 1 N–H and O–H groups in total. The third-order valence-electron chi connectivity index (χ3n) is 1.75. The summed E-state index contributed by atoms with van der Waals surface area (Å²) in [4.78, 5) is 10.6. The number of nitrogens with one attached hydrogen (secondary N) is 1. The molecule has 4 nitrogen and oxygen atoms in total. The lowest BCUT2D eigenvalue weighted by atomic mass is 10.4. The summed E-state index contributed by atoms with van der Waals surface area (Å²) in [7, 11) is 3.86. The molecule has 1 aromatic rings. The molecule has 14 heavy (non-hydrogen) atoms. The van der Waals surface area contributed by atoms with E-state index in [9.17, 15) is 0 Å². The van der Waals surface area contributed by atoms with Crippen molar-refractivity contribution in [1.82, 2.24) is 9.97 Å². The van der Waals surface area contributed by atoms with Crippen LogP contribution in [0.15, 0.2) is 4.47 Å². The first-order valence-corrected chi connectivity index (χ1v) is 5.31. The maximum Gasteiger partial charge on any atom is 0.227 e. The molecule has 0 saturated carbocycles. The normalized spacial score (nSPS) is 10.1. The van der Waals surface area contributed by atoms with E-state index in [-0.39, 0.29) is 0 Å². The van der Waals surface area contributed by atoms with Crippen LogP contribution in [0.25, 0.3) is 0 Å². The van der Waals surface area contributed by atoms with Crippen molar-refractivity contribution in [2.24, 2.45) is 0 Å². The Morgan fingerprint density at radius 2 is 2.00 bits per heavy atom. The van der Waals surface area contributed by atoms with Crippen molar-refractivity contribution in [3.05, 3.63) is 10.2 Å². The van der Waals surface area contributed by atoms with Crippen LogP contribution in [0, 0.1) is 6.92 Å². The largest absolute Gasteiger partial charge is 0.369 e. The second kappa shape index (κ2) is 4.59. The number of aromatic nitrogens is 2. The topological polar surface area (TPSA) is 41.1 Å². The zero-order valence-corrected chi connectivity index (χ0v) is 10.5. The molecular formula is C9H15BrN4. The van der Waals surface area contributed by atoms with Crippen molar-refractivity contribution in [2.45, 2.75) is 13.8 Å². The molecule has 0 aromatic carbocycles. The van der Waals surface area contributed by atoms with E-state index in [2.05, 4.69) is 31.2 Å². The van der Waals surface area contributed by atoms with Gasteiger partial charge < -0.3 is 10.2 Å². The molecule has 0 amide bonds. The molecule has 5 heteroatoms. The van der Waals surface area contributed by atoms with Gasteiger partial charge in [0, 0.05) is 20.6 Å². The number of aryl methyl sites for hydroxylation is 1. The third-order valence-corrected chi connectivity index (χ3v) is 2.70. The molecule has 0 atom stereocenters. The van der Waals surface area contributed by atoms with Crippen molar-refractivity contribution in [3.8, 4) is 0 Å². The quantitative estimate of drug-likeness (QED) is 0.901. The van der Waals surface area contributed by atoms with Gasteiger partial charge in [0.15, 0.2) is 0 Å². The minimum absolute atomic E-state index is 0.724. The summed E-state index contributed by atoms with van der Waals surface area (Å²) in [5.41, 5.74) is 0.944. The Morgan fingerprint density at radius 3 is 2.50 bits per heavy atom. The summed E-state index contributed by atoms with van der Waals surface area (Å²) in [5, 5.41) is 3.19. The van der Waals surface area contributed by atoms with Crippen LogP contribution in [-0.2, 0) is 0 Å². The summed E-state index contributed by atoms with van der Waals surface area (Å²) in [6.45, 7) is 4.85. The molecule has 0 aliphatic heterocycles. The first-order valence-electron chi connectivity index (χ1n) is 4.51. The lowest BCUT2D eigenvalue weighted by Crippen LogP contribution is -2.15. The fourth-order valence-corrected chi connectivity index (χ4v) is 1.35. The van der Waals surface area contributed by atoms with E-state index in [4.69, 9.17) is 0 Å².